The van der Waals surface area contributed by atoms with Gasteiger partial charge in [-0.3, -0.25) is 9.80 Å². The maximum Gasteiger partial charge on any atom is 0.331 e. The first-order valence-corrected chi connectivity index (χ1v) is 7.31. The minimum absolute atomic E-state index is 0.00515. The van der Waals surface area contributed by atoms with Crippen LogP contribution in [0.15, 0.2) is 0 Å². The number of hydrogen-bond acceptors (Lipinski definition) is 5. The van der Waals surface area contributed by atoms with Crippen molar-refractivity contribution in [1.82, 2.24) is 15.3 Å². The Morgan fingerprint density at radius 3 is 2.75 bits per heavy atom. The summed E-state index contributed by atoms with van der Waals surface area (Å²) < 4.78 is 5.47. The van der Waals surface area contributed by atoms with E-state index in [1.54, 1.807) is 5.01 Å². The summed E-state index contributed by atoms with van der Waals surface area (Å²) in [5.41, 5.74) is -0.530. The summed E-state index contributed by atoms with van der Waals surface area (Å²) in [7, 11) is 0. The minimum Gasteiger partial charge on any atom is -0.458 e. The molecule has 2 rings (SSSR count). The molecule has 0 spiro atoms. The van der Waals surface area contributed by atoms with Crippen molar-refractivity contribution in [2.75, 3.05) is 19.8 Å². The largest absolute Gasteiger partial charge is 0.458 e. The lowest BCUT2D eigenvalue weighted by Gasteiger charge is -2.42. The molecule has 2 aliphatic rings. The van der Waals surface area contributed by atoms with Crippen LogP contribution in [0.2, 0.25) is 0 Å². The number of ether oxygens (including phenoxy) is 1. The van der Waals surface area contributed by atoms with Crippen molar-refractivity contribution in [3.8, 4) is 0 Å². The second-order valence-corrected chi connectivity index (χ2v) is 6.62. The lowest BCUT2D eigenvalue weighted by atomic mass is 10.0. The van der Waals surface area contributed by atoms with Gasteiger partial charge in [0.1, 0.15) is 11.6 Å². The number of esters is 1. The van der Waals surface area contributed by atoms with Gasteiger partial charge in [-0.05, 0) is 33.6 Å². The van der Waals surface area contributed by atoms with E-state index in [2.05, 4.69) is 5.32 Å². The lowest BCUT2D eigenvalue weighted by molar-refractivity contribution is -0.185. The zero-order valence-electron chi connectivity index (χ0n) is 12.8. The number of carbonyl (C=O) groups is 2. The number of hydrazine groups is 1. The highest BCUT2D eigenvalue weighted by Gasteiger charge is 2.41. The summed E-state index contributed by atoms with van der Waals surface area (Å²) in [6.45, 7) is 9.48. The number of nitrogens with one attached hydrogen (secondary N) is 1. The lowest BCUT2D eigenvalue weighted by Crippen LogP contribution is -2.59. The van der Waals surface area contributed by atoms with Crippen LogP contribution in [0.25, 0.3) is 0 Å². The van der Waals surface area contributed by atoms with Crippen LogP contribution < -0.4 is 5.32 Å². The molecule has 6 heteroatoms. The van der Waals surface area contributed by atoms with E-state index in [1.165, 1.54) is 0 Å². The van der Waals surface area contributed by atoms with Gasteiger partial charge in [0.05, 0.1) is 6.67 Å². The molecule has 2 aliphatic heterocycles. The third kappa shape index (κ3) is 3.30. The number of nitrogens with zero attached hydrogens (tertiary/aromatic N) is 2. The Balaban J connectivity index is 2.18. The Kier molecular flexibility index (Phi) is 4.34. The van der Waals surface area contributed by atoms with E-state index in [0.29, 0.717) is 19.6 Å². The molecule has 1 amide bonds. The predicted molar refractivity (Wildman–Crippen MR) is 74.5 cm³/mol. The van der Waals surface area contributed by atoms with Crippen LogP contribution in [0.3, 0.4) is 0 Å². The number of hydrogen-bond donors (Lipinski definition) is 1. The Morgan fingerprint density at radius 2 is 2.10 bits per heavy atom. The fourth-order valence-corrected chi connectivity index (χ4v) is 2.65. The van der Waals surface area contributed by atoms with E-state index in [9.17, 15) is 9.59 Å². The normalized spacial score (nSPS) is 28.8. The van der Waals surface area contributed by atoms with Crippen molar-refractivity contribution in [3.05, 3.63) is 0 Å². The molecule has 0 bridgehead atoms. The first kappa shape index (κ1) is 15.3. The average Bonchev–Trinajstić information content (AvgIpc) is 2.48. The third-order valence-electron chi connectivity index (χ3n) is 3.56. The minimum atomic E-state index is -0.530. The molecule has 0 radical (unpaired) electrons. The van der Waals surface area contributed by atoms with Crippen molar-refractivity contribution >= 4 is 11.9 Å². The van der Waals surface area contributed by atoms with E-state index in [0.717, 1.165) is 13.0 Å². The van der Waals surface area contributed by atoms with Gasteiger partial charge in [0.15, 0.2) is 0 Å². The summed E-state index contributed by atoms with van der Waals surface area (Å²) >= 11 is 0. The van der Waals surface area contributed by atoms with E-state index in [4.69, 9.17) is 4.74 Å². The SMILES string of the molecule is C[C@H]1CNCN2CCC[C@@H](C(=O)OC(C)(C)C)N2C1=O. The Hall–Kier alpha value is -1.14. The average molecular weight is 283 g/mol. The summed E-state index contributed by atoms with van der Waals surface area (Å²) in [4.78, 5) is 24.9. The van der Waals surface area contributed by atoms with Gasteiger partial charge in [-0.15, -0.1) is 0 Å². The second kappa shape index (κ2) is 5.69. The van der Waals surface area contributed by atoms with Crippen LogP contribution in [0.4, 0.5) is 0 Å². The number of carbonyl (C=O) groups excluding carboxylic acids is 2. The maximum atomic E-state index is 12.5. The van der Waals surface area contributed by atoms with Crippen molar-refractivity contribution in [1.29, 1.82) is 0 Å². The standard InChI is InChI=1S/C14H25N3O3/c1-10-8-15-9-16-7-5-6-11(17(16)12(10)18)13(19)20-14(2,3)4/h10-11,15H,5-9H2,1-4H3/t10-,11-/m0/s1. The van der Waals surface area contributed by atoms with Crippen molar-refractivity contribution in [2.45, 2.75) is 52.2 Å². The number of amides is 1. The fourth-order valence-electron chi connectivity index (χ4n) is 2.65. The second-order valence-electron chi connectivity index (χ2n) is 6.62. The molecule has 0 aromatic heterocycles. The maximum absolute atomic E-state index is 12.5. The molecule has 0 unspecified atom stereocenters. The highest BCUT2D eigenvalue weighted by atomic mass is 16.6. The van der Waals surface area contributed by atoms with Gasteiger partial charge in [-0.1, -0.05) is 6.92 Å². The molecule has 1 N–H and O–H groups in total. The van der Waals surface area contributed by atoms with Crippen LogP contribution in [0.5, 0.6) is 0 Å². The molecule has 0 aromatic carbocycles. The summed E-state index contributed by atoms with van der Waals surface area (Å²) in [5.74, 6) is -0.418. The molecule has 0 saturated carbocycles. The molecule has 114 valence electrons. The highest BCUT2D eigenvalue weighted by molar-refractivity contribution is 5.86. The van der Waals surface area contributed by atoms with Crippen LogP contribution in [-0.4, -0.2) is 53.3 Å². The van der Waals surface area contributed by atoms with Crippen LogP contribution in [0.1, 0.15) is 40.5 Å². The van der Waals surface area contributed by atoms with Crippen molar-refractivity contribution in [3.63, 3.8) is 0 Å². The van der Waals surface area contributed by atoms with E-state index in [-0.39, 0.29) is 17.8 Å². The summed E-state index contributed by atoms with van der Waals surface area (Å²) in [6, 6.07) is -0.488. The van der Waals surface area contributed by atoms with E-state index >= 15 is 0 Å². The molecule has 20 heavy (non-hydrogen) atoms. The Morgan fingerprint density at radius 1 is 1.40 bits per heavy atom. The van der Waals surface area contributed by atoms with E-state index < -0.39 is 11.6 Å². The first-order chi connectivity index (χ1) is 9.29. The van der Waals surface area contributed by atoms with Gasteiger partial charge in [0.2, 0.25) is 5.91 Å². The molecular formula is C14H25N3O3. The van der Waals surface area contributed by atoms with Crippen LogP contribution in [-0.2, 0) is 14.3 Å². The first-order valence-electron chi connectivity index (χ1n) is 7.31. The third-order valence-corrected chi connectivity index (χ3v) is 3.56. The Labute approximate surface area is 120 Å². The topological polar surface area (TPSA) is 61.9 Å². The molecule has 2 heterocycles. The highest BCUT2D eigenvalue weighted by Crippen LogP contribution is 2.24. The van der Waals surface area contributed by atoms with Gasteiger partial charge in [-0.25, -0.2) is 9.80 Å². The summed E-state index contributed by atoms with van der Waals surface area (Å²) in [5, 5.41) is 6.81. The van der Waals surface area contributed by atoms with Crippen LogP contribution >= 0.6 is 0 Å². The molecule has 2 fully saturated rings. The van der Waals surface area contributed by atoms with Crippen molar-refractivity contribution < 1.29 is 14.3 Å². The van der Waals surface area contributed by atoms with Crippen molar-refractivity contribution in [2.24, 2.45) is 5.92 Å². The van der Waals surface area contributed by atoms with Gasteiger partial charge < -0.3 is 10.1 Å². The van der Waals surface area contributed by atoms with Gasteiger partial charge in [0, 0.05) is 19.0 Å². The molecule has 0 aromatic rings. The zero-order chi connectivity index (χ0) is 14.9. The fraction of sp³-hybridized carbons (Fsp3) is 0.857. The zero-order valence-corrected chi connectivity index (χ0v) is 12.8. The predicted octanol–water partition coefficient (Wildman–Crippen LogP) is 0.733. The van der Waals surface area contributed by atoms with Crippen LogP contribution in [0, 0.1) is 5.92 Å². The number of fused-ring (bicyclic) bond motifs is 1. The van der Waals surface area contributed by atoms with Gasteiger partial charge >= 0.3 is 5.97 Å². The van der Waals surface area contributed by atoms with Gasteiger partial charge in [-0.2, -0.15) is 0 Å². The smallest absolute Gasteiger partial charge is 0.331 e. The van der Waals surface area contributed by atoms with Gasteiger partial charge in [0.25, 0.3) is 0 Å². The molecule has 0 aliphatic carbocycles. The summed E-state index contributed by atoms with van der Waals surface area (Å²) in [6.07, 6.45) is 1.56. The monoisotopic (exact) mass is 283 g/mol. The van der Waals surface area contributed by atoms with E-state index in [1.807, 2.05) is 32.7 Å². The molecule has 2 saturated heterocycles. The number of rotatable bonds is 1. The molecule has 2 atom stereocenters. The Bertz CT molecular complexity index is 392. The molecular weight excluding hydrogens is 258 g/mol. The quantitative estimate of drug-likeness (QED) is 0.719. The molecule has 6 nitrogen and oxygen atoms in total.